The molecule has 1 aromatic carbocycles. The van der Waals surface area contributed by atoms with Crippen LogP contribution in [0, 0.1) is 0 Å². The zero-order chi connectivity index (χ0) is 19.3. The van der Waals surface area contributed by atoms with Gasteiger partial charge in [0.2, 0.25) is 0 Å². The van der Waals surface area contributed by atoms with Gasteiger partial charge in [-0.3, -0.25) is 14.3 Å². The van der Waals surface area contributed by atoms with Gasteiger partial charge < -0.3 is 4.74 Å². The number of thioether (sulfide) groups is 1. The molecule has 3 heterocycles. The van der Waals surface area contributed by atoms with Crippen LogP contribution in [0.2, 0.25) is 0 Å². The van der Waals surface area contributed by atoms with Gasteiger partial charge in [-0.25, -0.2) is 4.98 Å². The molecule has 0 spiro atoms. The van der Waals surface area contributed by atoms with Gasteiger partial charge in [-0.2, -0.15) is 0 Å². The van der Waals surface area contributed by atoms with Crippen LogP contribution in [0.1, 0.15) is 13.3 Å². The van der Waals surface area contributed by atoms with Crippen molar-refractivity contribution in [2.75, 3.05) is 38.6 Å². The first-order chi connectivity index (χ1) is 13.8. The maximum Gasteiger partial charge on any atom is 0.272 e. The average molecular weight is 416 g/mol. The second-order valence-electron chi connectivity index (χ2n) is 6.84. The molecule has 3 aromatic rings. The number of rotatable bonds is 7. The van der Waals surface area contributed by atoms with E-state index in [0.717, 1.165) is 70.8 Å². The fourth-order valence-electron chi connectivity index (χ4n) is 3.30. The quantitative estimate of drug-likeness (QED) is 0.432. The molecule has 0 saturated carbocycles. The summed E-state index contributed by atoms with van der Waals surface area (Å²) in [4.78, 5) is 21.6. The van der Waals surface area contributed by atoms with E-state index in [4.69, 9.17) is 9.72 Å². The summed E-state index contributed by atoms with van der Waals surface area (Å²) in [5, 5.41) is 0.838. The van der Waals surface area contributed by atoms with Crippen LogP contribution in [0.15, 0.2) is 46.3 Å². The molecule has 0 aliphatic carbocycles. The van der Waals surface area contributed by atoms with Gasteiger partial charge in [0, 0.05) is 36.8 Å². The number of hydrogen-bond acceptors (Lipinski definition) is 6. The zero-order valence-corrected chi connectivity index (χ0v) is 17.7. The van der Waals surface area contributed by atoms with E-state index in [9.17, 15) is 4.79 Å². The van der Waals surface area contributed by atoms with Gasteiger partial charge >= 0.3 is 0 Å². The molecule has 1 aliphatic rings. The molecule has 2 aromatic heterocycles. The van der Waals surface area contributed by atoms with Crippen molar-refractivity contribution < 1.29 is 4.74 Å². The van der Waals surface area contributed by atoms with Gasteiger partial charge in [0.05, 0.1) is 18.7 Å². The third kappa shape index (κ3) is 4.33. The molecule has 0 radical (unpaired) electrons. The molecule has 1 fully saturated rings. The van der Waals surface area contributed by atoms with E-state index < -0.39 is 0 Å². The van der Waals surface area contributed by atoms with E-state index in [1.54, 1.807) is 23.1 Å². The van der Waals surface area contributed by atoms with Crippen molar-refractivity contribution >= 4 is 33.3 Å². The van der Waals surface area contributed by atoms with Crippen LogP contribution in [0.3, 0.4) is 0 Å². The third-order valence-corrected chi connectivity index (χ3v) is 7.18. The summed E-state index contributed by atoms with van der Waals surface area (Å²) in [6, 6.07) is 12.3. The monoisotopic (exact) mass is 415 g/mol. The second-order valence-corrected chi connectivity index (χ2v) is 8.96. The summed E-state index contributed by atoms with van der Waals surface area (Å²) in [5.41, 5.74) is 2.03. The Balaban J connectivity index is 1.68. The first kappa shape index (κ1) is 19.6. The lowest BCUT2D eigenvalue weighted by Crippen LogP contribution is -2.39. The van der Waals surface area contributed by atoms with E-state index in [1.165, 1.54) is 0 Å². The van der Waals surface area contributed by atoms with Crippen molar-refractivity contribution in [2.24, 2.45) is 0 Å². The molecule has 0 unspecified atom stereocenters. The fraction of sp³-hybridized carbons (Fsp3) is 0.429. The molecule has 148 valence electrons. The number of thiophene rings is 1. The van der Waals surface area contributed by atoms with Gasteiger partial charge in [-0.1, -0.05) is 49.0 Å². The van der Waals surface area contributed by atoms with Crippen LogP contribution in [0.5, 0.6) is 0 Å². The van der Waals surface area contributed by atoms with Crippen LogP contribution in [-0.4, -0.2) is 53.1 Å². The summed E-state index contributed by atoms with van der Waals surface area (Å²) in [7, 11) is 0. The second kappa shape index (κ2) is 9.22. The SMILES string of the molecule is CCCSc1nc2cc(-c3ccccc3)sc2c(=O)n1CCN1CCOCC1. The van der Waals surface area contributed by atoms with Gasteiger partial charge in [0.15, 0.2) is 5.16 Å². The summed E-state index contributed by atoms with van der Waals surface area (Å²) in [6.45, 7) is 7.08. The first-order valence-corrected chi connectivity index (χ1v) is 11.6. The van der Waals surface area contributed by atoms with Crippen LogP contribution >= 0.6 is 23.1 Å². The lowest BCUT2D eigenvalue weighted by molar-refractivity contribution is 0.0359. The molecule has 5 nitrogen and oxygen atoms in total. The van der Waals surface area contributed by atoms with Gasteiger partial charge in [0.1, 0.15) is 4.70 Å². The van der Waals surface area contributed by atoms with Crippen molar-refractivity contribution in [1.82, 2.24) is 14.5 Å². The molecular formula is C21H25N3O2S2. The standard InChI is InChI=1S/C21H25N3O2S2/c1-2-14-27-21-22-17-15-18(16-6-4-3-5-7-16)28-19(17)20(25)24(21)9-8-23-10-12-26-13-11-23/h3-7,15H,2,8-14H2,1H3. The topological polar surface area (TPSA) is 47.4 Å². The Morgan fingerprint density at radius 2 is 1.96 bits per heavy atom. The predicted molar refractivity (Wildman–Crippen MR) is 118 cm³/mol. The fourth-order valence-corrected chi connectivity index (χ4v) is 5.23. The zero-order valence-electron chi connectivity index (χ0n) is 16.1. The van der Waals surface area contributed by atoms with Crippen LogP contribution < -0.4 is 5.56 Å². The molecule has 0 N–H and O–H groups in total. The minimum absolute atomic E-state index is 0.0871. The van der Waals surface area contributed by atoms with Crippen molar-refractivity contribution in [3.8, 4) is 10.4 Å². The number of hydrogen-bond donors (Lipinski definition) is 0. The molecule has 7 heteroatoms. The smallest absolute Gasteiger partial charge is 0.272 e. The Kier molecular flexibility index (Phi) is 6.47. The predicted octanol–water partition coefficient (Wildman–Crippen LogP) is 3.96. The van der Waals surface area contributed by atoms with Crippen molar-refractivity contribution in [3.63, 3.8) is 0 Å². The Morgan fingerprint density at radius 1 is 1.18 bits per heavy atom. The molecule has 28 heavy (non-hydrogen) atoms. The molecule has 1 saturated heterocycles. The third-order valence-electron chi connectivity index (χ3n) is 4.84. The van der Waals surface area contributed by atoms with Gasteiger partial charge in [-0.15, -0.1) is 11.3 Å². The summed E-state index contributed by atoms with van der Waals surface area (Å²) in [6.07, 6.45) is 1.06. The minimum atomic E-state index is 0.0871. The lowest BCUT2D eigenvalue weighted by atomic mass is 10.2. The van der Waals surface area contributed by atoms with Crippen molar-refractivity contribution in [2.45, 2.75) is 25.0 Å². The van der Waals surface area contributed by atoms with Crippen LogP contribution in [-0.2, 0) is 11.3 Å². The number of benzene rings is 1. The maximum atomic E-state index is 13.3. The number of ether oxygens (including phenoxy) is 1. The van der Waals surface area contributed by atoms with E-state index in [1.807, 2.05) is 22.8 Å². The van der Waals surface area contributed by atoms with E-state index >= 15 is 0 Å². The number of morpholine rings is 1. The first-order valence-electron chi connectivity index (χ1n) is 9.79. The van der Waals surface area contributed by atoms with Gasteiger partial charge in [-0.05, 0) is 18.1 Å². The van der Waals surface area contributed by atoms with Crippen LogP contribution in [0.4, 0.5) is 0 Å². The molecular weight excluding hydrogens is 390 g/mol. The number of aromatic nitrogens is 2. The number of nitrogens with zero attached hydrogens (tertiary/aromatic N) is 3. The van der Waals surface area contributed by atoms with E-state index in [2.05, 4.69) is 30.0 Å². The highest BCUT2D eigenvalue weighted by molar-refractivity contribution is 7.99. The van der Waals surface area contributed by atoms with Crippen molar-refractivity contribution in [1.29, 1.82) is 0 Å². The summed E-state index contributed by atoms with van der Waals surface area (Å²) < 4.78 is 8.06. The Hall–Kier alpha value is -1.67. The Bertz CT molecular complexity index is 978. The Labute approximate surface area is 173 Å². The highest BCUT2D eigenvalue weighted by atomic mass is 32.2. The highest BCUT2D eigenvalue weighted by Crippen LogP contribution is 2.32. The summed E-state index contributed by atoms with van der Waals surface area (Å²) in [5.74, 6) is 0.963. The lowest BCUT2D eigenvalue weighted by Gasteiger charge is -2.27. The van der Waals surface area contributed by atoms with Crippen molar-refractivity contribution in [3.05, 3.63) is 46.8 Å². The average Bonchev–Trinajstić information content (AvgIpc) is 3.17. The van der Waals surface area contributed by atoms with E-state index in [0.29, 0.717) is 6.54 Å². The molecule has 0 amide bonds. The molecule has 4 rings (SSSR count). The minimum Gasteiger partial charge on any atom is -0.379 e. The Morgan fingerprint density at radius 3 is 2.71 bits per heavy atom. The van der Waals surface area contributed by atoms with Crippen LogP contribution in [0.25, 0.3) is 20.7 Å². The normalized spacial score (nSPS) is 15.3. The largest absolute Gasteiger partial charge is 0.379 e. The molecule has 0 bridgehead atoms. The molecule has 1 aliphatic heterocycles. The van der Waals surface area contributed by atoms with Gasteiger partial charge in [0.25, 0.3) is 5.56 Å². The molecule has 0 atom stereocenters. The van der Waals surface area contributed by atoms with E-state index in [-0.39, 0.29) is 5.56 Å². The maximum absolute atomic E-state index is 13.3. The summed E-state index contributed by atoms with van der Waals surface area (Å²) >= 11 is 3.23. The highest BCUT2D eigenvalue weighted by Gasteiger charge is 2.17. The number of fused-ring (bicyclic) bond motifs is 1.